The standard InChI is InChI=1S/C14H13BrN2OS/c1-9(17-7-12-6-16-8-19-12)14-5-10-4-11(15)2-3-13(10)18-14/h2-6,8-9,17H,7H2,1H3. The summed E-state index contributed by atoms with van der Waals surface area (Å²) in [6, 6.07) is 8.31. The van der Waals surface area contributed by atoms with E-state index in [0.717, 1.165) is 27.7 Å². The van der Waals surface area contributed by atoms with E-state index < -0.39 is 0 Å². The molecule has 0 amide bonds. The zero-order valence-electron chi connectivity index (χ0n) is 10.4. The average Bonchev–Trinajstić information content (AvgIpc) is 3.04. The van der Waals surface area contributed by atoms with Crippen molar-refractivity contribution < 1.29 is 4.42 Å². The molecule has 0 saturated heterocycles. The molecule has 0 aliphatic rings. The molecule has 1 unspecified atom stereocenters. The Hall–Kier alpha value is -1.17. The Balaban J connectivity index is 1.75. The molecule has 0 bridgehead atoms. The van der Waals surface area contributed by atoms with Crippen LogP contribution in [-0.2, 0) is 6.54 Å². The number of hydrogen-bond acceptors (Lipinski definition) is 4. The molecule has 0 radical (unpaired) electrons. The van der Waals surface area contributed by atoms with Gasteiger partial charge in [0.1, 0.15) is 11.3 Å². The van der Waals surface area contributed by atoms with Gasteiger partial charge in [-0.25, -0.2) is 0 Å². The molecule has 98 valence electrons. The third kappa shape index (κ3) is 2.88. The van der Waals surface area contributed by atoms with Crippen molar-refractivity contribution in [2.45, 2.75) is 19.5 Å². The Morgan fingerprint density at radius 1 is 1.42 bits per heavy atom. The third-order valence-electron chi connectivity index (χ3n) is 2.99. The summed E-state index contributed by atoms with van der Waals surface area (Å²) >= 11 is 5.13. The maximum absolute atomic E-state index is 5.86. The van der Waals surface area contributed by atoms with Gasteiger partial charge in [-0.05, 0) is 31.2 Å². The van der Waals surface area contributed by atoms with E-state index in [2.05, 4.69) is 45.3 Å². The minimum Gasteiger partial charge on any atom is -0.459 e. The molecule has 2 heterocycles. The zero-order valence-corrected chi connectivity index (χ0v) is 12.8. The maximum atomic E-state index is 5.86. The fourth-order valence-electron chi connectivity index (χ4n) is 1.93. The van der Waals surface area contributed by atoms with E-state index in [1.54, 1.807) is 11.3 Å². The van der Waals surface area contributed by atoms with Gasteiger partial charge in [0, 0.05) is 27.5 Å². The highest BCUT2D eigenvalue weighted by Crippen LogP contribution is 2.26. The van der Waals surface area contributed by atoms with Gasteiger partial charge in [-0.3, -0.25) is 4.98 Å². The van der Waals surface area contributed by atoms with Crippen molar-refractivity contribution in [2.75, 3.05) is 0 Å². The number of hydrogen-bond donors (Lipinski definition) is 1. The molecule has 3 rings (SSSR count). The van der Waals surface area contributed by atoms with Gasteiger partial charge in [-0.1, -0.05) is 15.9 Å². The van der Waals surface area contributed by atoms with Crippen LogP contribution in [0.3, 0.4) is 0 Å². The van der Waals surface area contributed by atoms with Crippen LogP contribution < -0.4 is 5.32 Å². The van der Waals surface area contributed by atoms with E-state index in [0.29, 0.717) is 0 Å². The van der Waals surface area contributed by atoms with Gasteiger partial charge < -0.3 is 9.73 Å². The Morgan fingerprint density at radius 2 is 2.32 bits per heavy atom. The highest BCUT2D eigenvalue weighted by Gasteiger charge is 2.11. The molecule has 1 atom stereocenters. The maximum Gasteiger partial charge on any atom is 0.134 e. The lowest BCUT2D eigenvalue weighted by atomic mass is 10.2. The van der Waals surface area contributed by atoms with Crippen molar-refractivity contribution in [2.24, 2.45) is 0 Å². The van der Waals surface area contributed by atoms with Crippen LogP contribution in [0.25, 0.3) is 11.0 Å². The summed E-state index contributed by atoms with van der Waals surface area (Å²) in [5.74, 6) is 0.956. The molecule has 3 nitrogen and oxygen atoms in total. The number of nitrogens with one attached hydrogen (secondary N) is 1. The monoisotopic (exact) mass is 336 g/mol. The Kier molecular flexibility index (Phi) is 3.68. The van der Waals surface area contributed by atoms with Crippen LogP contribution in [0.1, 0.15) is 23.6 Å². The van der Waals surface area contributed by atoms with Crippen LogP contribution in [0.2, 0.25) is 0 Å². The zero-order chi connectivity index (χ0) is 13.2. The van der Waals surface area contributed by atoms with Crippen molar-refractivity contribution in [1.82, 2.24) is 10.3 Å². The van der Waals surface area contributed by atoms with Crippen molar-refractivity contribution in [1.29, 1.82) is 0 Å². The first-order valence-electron chi connectivity index (χ1n) is 6.02. The second-order valence-electron chi connectivity index (χ2n) is 4.40. The molecule has 3 aromatic rings. The largest absolute Gasteiger partial charge is 0.459 e. The van der Waals surface area contributed by atoms with E-state index in [1.807, 2.05) is 23.8 Å². The summed E-state index contributed by atoms with van der Waals surface area (Å²) in [6.07, 6.45) is 1.89. The molecule has 2 aromatic heterocycles. The quantitative estimate of drug-likeness (QED) is 0.762. The van der Waals surface area contributed by atoms with Crippen LogP contribution >= 0.6 is 27.3 Å². The number of benzene rings is 1. The lowest BCUT2D eigenvalue weighted by molar-refractivity contribution is 0.452. The molecule has 0 aliphatic heterocycles. The van der Waals surface area contributed by atoms with Gasteiger partial charge in [0.15, 0.2) is 0 Å². The molecule has 0 saturated carbocycles. The highest BCUT2D eigenvalue weighted by molar-refractivity contribution is 9.10. The van der Waals surface area contributed by atoms with Crippen molar-refractivity contribution in [3.8, 4) is 0 Å². The number of aromatic nitrogens is 1. The van der Waals surface area contributed by atoms with Gasteiger partial charge in [-0.15, -0.1) is 11.3 Å². The summed E-state index contributed by atoms with van der Waals surface area (Å²) in [4.78, 5) is 5.29. The summed E-state index contributed by atoms with van der Waals surface area (Å²) in [5, 5.41) is 4.56. The van der Waals surface area contributed by atoms with Crippen molar-refractivity contribution in [3.63, 3.8) is 0 Å². The van der Waals surface area contributed by atoms with E-state index in [4.69, 9.17) is 4.42 Å². The van der Waals surface area contributed by atoms with Crippen LogP contribution in [0, 0.1) is 0 Å². The molecular formula is C14H13BrN2OS. The minimum atomic E-state index is 0.174. The number of nitrogens with zero attached hydrogens (tertiary/aromatic N) is 1. The Labute approximate surface area is 123 Å². The van der Waals surface area contributed by atoms with Crippen molar-refractivity contribution >= 4 is 38.2 Å². The molecular weight excluding hydrogens is 324 g/mol. The molecule has 0 aliphatic carbocycles. The SMILES string of the molecule is CC(NCc1cncs1)c1cc2cc(Br)ccc2o1. The van der Waals surface area contributed by atoms with Crippen LogP contribution in [0.5, 0.6) is 0 Å². The molecule has 1 N–H and O–H groups in total. The smallest absolute Gasteiger partial charge is 0.134 e. The van der Waals surface area contributed by atoms with Crippen LogP contribution in [0.4, 0.5) is 0 Å². The number of thiazole rings is 1. The first-order chi connectivity index (χ1) is 9.22. The van der Waals surface area contributed by atoms with Gasteiger partial charge in [0.05, 0.1) is 11.6 Å². The lowest BCUT2D eigenvalue weighted by Crippen LogP contribution is -2.16. The second kappa shape index (κ2) is 5.45. The van der Waals surface area contributed by atoms with E-state index >= 15 is 0 Å². The van der Waals surface area contributed by atoms with Crippen LogP contribution in [0.15, 0.2) is 44.9 Å². The number of fused-ring (bicyclic) bond motifs is 1. The van der Waals surface area contributed by atoms with E-state index in [1.165, 1.54) is 4.88 Å². The van der Waals surface area contributed by atoms with Crippen LogP contribution in [-0.4, -0.2) is 4.98 Å². The fraction of sp³-hybridized carbons (Fsp3) is 0.214. The Morgan fingerprint density at radius 3 is 3.11 bits per heavy atom. The molecule has 0 spiro atoms. The lowest BCUT2D eigenvalue weighted by Gasteiger charge is -2.09. The fourth-order valence-corrected chi connectivity index (χ4v) is 2.86. The molecule has 19 heavy (non-hydrogen) atoms. The normalized spacial score (nSPS) is 12.9. The van der Waals surface area contributed by atoms with Gasteiger partial charge in [0.25, 0.3) is 0 Å². The topological polar surface area (TPSA) is 38.1 Å². The minimum absolute atomic E-state index is 0.174. The Bertz CT molecular complexity index is 678. The predicted octanol–water partition coefficient (Wildman–Crippen LogP) is 4.50. The summed E-state index contributed by atoms with van der Waals surface area (Å²) in [7, 11) is 0. The van der Waals surface area contributed by atoms with Gasteiger partial charge in [-0.2, -0.15) is 0 Å². The highest BCUT2D eigenvalue weighted by atomic mass is 79.9. The number of furan rings is 1. The average molecular weight is 337 g/mol. The number of halogens is 1. The summed E-state index contributed by atoms with van der Waals surface area (Å²) in [5.41, 5.74) is 2.77. The predicted molar refractivity (Wildman–Crippen MR) is 81.3 cm³/mol. The van der Waals surface area contributed by atoms with E-state index in [-0.39, 0.29) is 6.04 Å². The summed E-state index contributed by atoms with van der Waals surface area (Å²) < 4.78 is 6.93. The molecule has 1 aromatic carbocycles. The first-order valence-corrected chi connectivity index (χ1v) is 7.69. The van der Waals surface area contributed by atoms with Gasteiger partial charge >= 0.3 is 0 Å². The third-order valence-corrected chi connectivity index (χ3v) is 4.26. The second-order valence-corrected chi connectivity index (χ2v) is 6.29. The van der Waals surface area contributed by atoms with Gasteiger partial charge in [0.2, 0.25) is 0 Å². The number of rotatable bonds is 4. The van der Waals surface area contributed by atoms with E-state index in [9.17, 15) is 0 Å². The van der Waals surface area contributed by atoms with Crippen molar-refractivity contribution in [3.05, 3.63) is 51.1 Å². The summed E-state index contributed by atoms with van der Waals surface area (Å²) in [6.45, 7) is 2.92. The molecule has 0 fully saturated rings. The molecule has 5 heteroatoms. The first kappa shape index (κ1) is 12.8.